The molecule has 1 N–H and O–H groups in total. The average molecular weight is 466 g/mol. The minimum atomic E-state index is -3.85. The normalized spacial score (nSPS) is 12.0. The van der Waals surface area contributed by atoms with Gasteiger partial charge in [-0.3, -0.25) is 13.9 Å². The third-order valence-corrected chi connectivity index (χ3v) is 5.98. The molecule has 0 saturated carbocycles. The van der Waals surface area contributed by atoms with Crippen LogP contribution in [0, 0.1) is 5.82 Å². The highest BCUT2D eigenvalue weighted by atomic mass is 32.2. The highest BCUT2D eigenvalue weighted by Gasteiger charge is 2.30. The van der Waals surface area contributed by atoms with Crippen molar-refractivity contribution >= 4 is 27.5 Å². The lowest BCUT2D eigenvalue weighted by Gasteiger charge is -2.31. The summed E-state index contributed by atoms with van der Waals surface area (Å²) in [7, 11) is -2.41. The van der Waals surface area contributed by atoms with Crippen LogP contribution in [0.15, 0.2) is 48.5 Å². The van der Waals surface area contributed by atoms with Crippen molar-refractivity contribution in [1.29, 1.82) is 0 Å². The van der Waals surface area contributed by atoms with Crippen LogP contribution in [0.5, 0.6) is 5.75 Å². The average Bonchev–Trinajstić information content (AvgIpc) is 2.75. The summed E-state index contributed by atoms with van der Waals surface area (Å²) >= 11 is 0. The Balaban J connectivity index is 2.41. The second kappa shape index (κ2) is 10.9. The van der Waals surface area contributed by atoms with E-state index in [1.807, 2.05) is 0 Å². The van der Waals surface area contributed by atoms with Crippen molar-refractivity contribution < 1.29 is 27.1 Å². The van der Waals surface area contributed by atoms with Crippen molar-refractivity contribution in [3.63, 3.8) is 0 Å². The van der Waals surface area contributed by atoms with Crippen molar-refractivity contribution in [3.8, 4) is 5.75 Å². The van der Waals surface area contributed by atoms with E-state index >= 15 is 0 Å². The van der Waals surface area contributed by atoms with Gasteiger partial charge < -0.3 is 15.0 Å². The molecule has 0 radical (unpaired) electrons. The zero-order chi connectivity index (χ0) is 23.9. The van der Waals surface area contributed by atoms with Gasteiger partial charge in [0, 0.05) is 24.7 Å². The summed E-state index contributed by atoms with van der Waals surface area (Å²) in [5.74, 6) is -1.19. The number of rotatable bonds is 10. The third kappa shape index (κ3) is 6.43. The van der Waals surface area contributed by atoms with Gasteiger partial charge in [-0.15, -0.1) is 0 Å². The largest absolute Gasteiger partial charge is 0.497 e. The monoisotopic (exact) mass is 465 g/mol. The van der Waals surface area contributed by atoms with Crippen LogP contribution >= 0.6 is 0 Å². The molecule has 0 aliphatic heterocycles. The molecule has 2 rings (SSSR count). The fourth-order valence-electron chi connectivity index (χ4n) is 3.09. The quantitative estimate of drug-likeness (QED) is 0.580. The number of anilines is 1. The number of hydrogen-bond donors (Lipinski definition) is 1. The van der Waals surface area contributed by atoms with E-state index in [4.69, 9.17) is 4.74 Å². The van der Waals surface area contributed by atoms with Gasteiger partial charge in [0.05, 0.1) is 19.1 Å². The maximum atomic E-state index is 14.3. The van der Waals surface area contributed by atoms with Gasteiger partial charge in [-0.25, -0.2) is 12.8 Å². The Labute approximate surface area is 188 Å². The predicted octanol–water partition coefficient (Wildman–Crippen LogP) is 2.15. The number of nitrogens with zero attached hydrogens (tertiary/aromatic N) is 2. The molecule has 174 valence electrons. The van der Waals surface area contributed by atoms with Crippen LogP contribution in [-0.2, 0) is 26.2 Å². The van der Waals surface area contributed by atoms with Crippen molar-refractivity contribution in [3.05, 3.63) is 59.9 Å². The Morgan fingerprint density at radius 1 is 1.16 bits per heavy atom. The Hall–Kier alpha value is -3.14. The molecule has 0 bridgehead atoms. The Morgan fingerprint density at radius 3 is 2.44 bits per heavy atom. The van der Waals surface area contributed by atoms with Gasteiger partial charge in [0.15, 0.2) is 0 Å². The van der Waals surface area contributed by atoms with E-state index in [-0.39, 0.29) is 17.8 Å². The van der Waals surface area contributed by atoms with Crippen molar-refractivity contribution in [1.82, 2.24) is 10.2 Å². The second-order valence-electron chi connectivity index (χ2n) is 7.15. The maximum Gasteiger partial charge on any atom is 0.244 e. The van der Waals surface area contributed by atoms with Crippen LogP contribution in [-0.4, -0.2) is 57.6 Å². The number of carbonyl (C=O) groups excluding carboxylic acids is 2. The highest BCUT2D eigenvalue weighted by Crippen LogP contribution is 2.24. The molecule has 2 aromatic rings. The first-order valence-corrected chi connectivity index (χ1v) is 11.9. The van der Waals surface area contributed by atoms with E-state index in [9.17, 15) is 22.4 Å². The smallest absolute Gasteiger partial charge is 0.244 e. The van der Waals surface area contributed by atoms with Crippen LogP contribution < -0.4 is 14.4 Å². The molecule has 0 aliphatic carbocycles. The zero-order valence-corrected chi connectivity index (χ0v) is 19.4. The molecule has 0 saturated heterocycles. The van der Waals surface area contributed by atoms with Crippen LogP contribution in [0.25, 0.3) is 0 Å². The van der Waals surface area contributed by atoms with Crippen LogP contribution in [0.3, 0.4) is 0 Å². The number of carbonyl (C=O) groups is 2. The lowest BCUT2D eigenvalue weighted by molar-refractivity contribution is -0.139. The zero-order valence-electron chi connectivity index (χ0n) is 18.5. The van der Waals surface area contributed by atoms with E-state index in [0.717, 1.165) is 10.6 Å². The molecule has 0 aromatic heterocycles. The molecular formula is C22H28FN3O5S. The van der Waals surface area contributed by atoms with Gasteiger partial charge in [-0.05, 0) is 32.0 Å². The van der Waals surface area contributed by atoms with Gasteiger partial charge in [-0.1, -0.05) is 24.3 Å². The number of amides is 2. The molecule has 8 nitrogen and oxygen atoms in total. The summed E-state index contributed by atoms with van der Waals surface area (Å²) in [6.45, 7) is 2.84. The fourth-order valence-corrected chi connectivity index (χ4v) is 3.94. The number of methoxy groups -OCH3 is 1. The molecule has 0 heterocycles. The van der Waals surface area contributed by atoms with Crippen LogP contribution in [0.1, 0.15) is 19.4 Å². The molecule has 2 amide bonds. The van der Waals surface area contributed by atoms with E-state index < -0.39 is 40.2 Å². The molecular weight excluding hydrogens is 437 g/mol. The lowest BCUT2D eigenvalue weighted by Crippen LogP contribution is -2.51. The van der Waals surface area contributed by atoms with E-state index in [1.54, 1.807) is 25.1 Å². The summed E-state index contributed by atoms with van der Waals surface area (Å²) < 4.78 is 45.3. The molecule has 0 aliphatic rings. The Kier molecular flexibility index (Phi) is 8.59. The van der Waals surface area contributed by atoms with Gasteiger partial charge >= 0.3 is 0 Å². The van der Waals surface area contributed by atoms with E-state index in [0.29, 0.717) is 12.3 Å². The number of halogens is 1. The summed E-state index contributed by atoms with van der Waals surface area (Å²) in [4.78, 5) is 26.9. The lowest BCUT2D eigenvalue weighted by atomic mass is 10.1. The highest BCUT2D eigenvalue weighted by molar-refractivity contribution is 7.92. The van der Waals surface area contributed by atoms with Crippen molar-refractivity contribution in [2.75, 3.05) is 30.8 Å². The first kappa shape index (κ1) is 25.1. The third-order valence-electron chi connectivity index (χ3n) is 4.84. The number of benzene rings is 2. The van der Waals surface area contributed by atoms with Crippen molar-refractivity contribution in [2.24, 2.45) is 0 Å². The first-order chi connectivity index (χ1) is 15.1. The molecule has 0 fully saturated rings. The van der Waals surface area contributed by atoms with Gasteiger partial charge in [0.1, 0.15) is 24.2 Å². The number of hydrogen-bond acceptors (Lipinski definition) is 5. The number of ether oxygens (including phenoxy) is 1. The van der Waals surface area contributed by atoms with E-state index in [1.165, 1.54) is 49.3 Å². The molecule has 1 atom stereocenters. The molecule has 32 heavy (non-hydrogen) atoms. The van der Waals surface area contributed by atoms with Gasteiger partial charge in [0.25, 0.3) is 0 Å². The number of nitrogens with one attached hydrogen (secondary N) is 1. The second-order valence-corrected chi connectivity index (χ2v) is 9.06. The maximum absolute atomic E-state index is 14.3. The SMILES string of the molecule is CCNC(=O)[C@@H](C)N(Cc1ccccc1F)C(=O)CN(c1cccc(OC)c1)S(C)(=O)=O. The summed E-state index contributed by atoms with van der Waals surface area (Å²) in [5.41, 5.74) is 0.445. The minimum Gasteiger partial charge on any atom is -0.497 e. The fraction of sp³-hybridized carbons (Fsp3) is 0.364. The first-order valence-electron chi connectivity index (χ1n) is 10.0. The number of likely N-dealkylation sites (N-methyl/N-ethyl adjacent to an activating group) is 1. The Bertz CT molecular complexity index is 1060. The van der Waals surface area contributed by atoms with Crippen LogP contribution in [0.2, 0.25) is 0 Å². The summed E-state index contributed by atoms with van der Waals surface area (Å²) in [6.07, 6.45) is 0.980. The molecule has 0 spiro atoms. The molecule has 2 aromatic carbocycles. The Morgan fingerprint density at radius 2 is 1.84 bits per heavy atom. The predicted molar refractivity (Wildman–Crippen MR) is 120 cm³/mol. The number of sulfonamides is 1. The summed E-state index contributed by atoms with van der Waals surface area (Å²) in [6, 6.07) is 11.2. The van der Waals surface area contributed by atoms with Gasteiger partial charge in [0.2, 0.25) is 21.8 Å². The van der Waals surface area contributed by atoms with Crippen molar-refractivity contribution in [2.45, 2.75) is 26.4 Å². The molecule has 0 unspecified atom stereocenters. The standard InChI is InChI=1S/C22H28FN3O5S/c1-5-24-22(28)16(2)25(14-17-9-6-7-12-20(17)23)21(27)15-26(32(4,29)30)18-10-8-11-19(13-18)31-3/h6-13,16H,5,14-15H2,1-4H3,(H,24,28)/t16-/m1/s1. The van der Waals surface area contributed by atoms with Gasteiger partial charge in [-0.2, -0.15) is 0 Å². The van der Waals surface area contributed by atoms with E-state index in [2.05, 4.69) is 5.32 Å². The summed E-state index contributed by atoms with van der Waals surface area (Å²) in [5, 5.41) is 2.64. The van der Waals surface area contributed by atoms with Crippen LogP contribution in [0.4, 0.5) is 10.1 Å². The minimum absolute atomic E-state index is 0.195. The topological polar surface area (TPSA) is 96.0 Å². The molecule has 10 heteroatoms.